The highest BCUT2D eigenvalue weighted by Gasteiger charge is 2.23. The monoisotopic (exact) mass is 381 g/mol. The van der Waals surface area contributed by atoms with E-state index in [1.807, 2.05) is 6.07 Å². The highest BCUT2D eigenvalue weighted by Crippen LogP contribution is 2.30. The highest BCUT2D eigenvalue weighted by atomic mass is 16.1. The summed E-state index contributed by atoms with van der Waals surface area (Å²) in [4.78, 5) is 24.9. The molecule has 3 heterocycles. The molecule has 28 heavy (non-hydrogen) atoms. The van der Waals surface area contributed by atoms with E-state index in [4.69, 9.17) is 0 Å². The number of likely N-dealkylation sites (tertiary alicyclic amines) is 1. The van der Waals surface area contributed by atoms with Crippen LogP contribution in [0.1, 0.15) is 25.7 Å². The standard InChI is InChI=1S/C22H31N5O/c28-22-20-6-5-19(15-21(20)23-17-27(22)16-18-3-4-18)26-13-11-25(12-14-26)10-9-24-7-1-2-8-24/h5-6,15,17-18H,1-4,7-14,16H2. The highest BCUT2D eigenvalue weighted by molar-refractivity contribution is 5.81. The lowest BCUT2D eigenvalue weighted by Gasteiger charge is -2.36. The first-order valence-corrected chi connectivity index (χ1v) is 11.0. The second kappa shape index (κ2) is 7.84. The number of benzene rings is 1. The number of hydrogen-bond donors (Lipinski definition) is 0. The van der Waals surface area contributed by atoms with Crippen molar-refractivity contribution < 1.29 is 0 Å². The third kappa shape index (κ3) is 3.94. The smallest absolute Gasteiger partial charge is 0.261 e. The van der Waals surface area contributed by atoms with Crippen molar-refractivity contribution in [2.45, 2.75) is 32.2 Å². The van der Waals surface area contributed by atoms with Crippen molar-refractivity contribution in [1.29, 1.82) is 0 Å². The lowest BCUT2D eigenvalue weighted by atomic mass is 10.2. The lowest BCUT2D eigenvalue weighted by Crippen LogP contribution is -2.48. The van der Waals surface area contributed by atoms with Crippen LogP contribution in [0.3, 0.4) is 0 Å². The van der Waals surface area contributed by atoms with Gasteiger partial charge in [0.1, 0.15) is 0 Å². The number of hydrogen-bond acceptors (Lipinski definition) is 5. The Kier molecular flexibility index (Phi) is 5.07. The molecule has 1 saturated carbocycles. The molecule has 6 nitrogen and oxygen atoms in total. The first-order valence-electron chi connectivity index (χ1n) is 11.0. The fourth-order valence-electron chi connectivity index (χ4n) is 4.57. The first kappa shape index (κ1) is 18.1. The van der Waals surface area contributed by atoms with Crippen molar-refractivity contribution in [1.82, 2.24) is 19.4 Å². The minimum Gasteiger partial charge on any atom is -0.369 e. The number of fused-ring (bicyclic) bond motifs is 1. The van der Waals surface area contributed by atoms with Crippen LogP contribution < -0.4 is 10.5 Å². The average molecular weight is 382 g/mol. The predicted octanol–water partition coefficient (Wildman–Crippen LogP) is 2.02. The summed E-state index contributed by atoms with van der Waals surface area (Å²) in [5.41, 5.74) is 2.12. The number of anilines is 1. The van der Waals surface area contributed by atoms with Gasteiger partial charge in [0.2, 0.25) is 0 Å². The van der Waals surface area contributed by atoms with Crippen LogP contribution in [-0.4, -0.2) is 71.7 Å². The summed E-state index contributed by atoms with van der Waals surface area (Å²) >= 11 is 0. The zero-order chi connectivity index (χ0) is 18.9. The van der Waals surface area contributed by atoms with Crippen LogP contribution in [0.2, 0.25) is 0 Å². The molecule has 2 aromatic rings. The molecule has 5 rings (SSSR count). The van der Waals surface area contributed by atoms with Crippen molar-refractivity contribution in [3.8, 4) is 0 Å². The molecule has 0 amide bonds. The molecule has 0 atom stereocenters. The Bertz CT molecular complexity index is 876. The Morgan fingerprint density at radius 2 is 1.64 bits per heavy atom. The van der Waals surface area contributed by atoms with Crippen LogP contribution in [0.15, 0.2) is 29.3 Å². The third-order valence-corrected chi connectivity index (χ3v) is 6.63. The lowest BCUT2D eigenvalue weighted by molar-refractivity contribution is 0.215. The summed E-state index contributed by atoms with van der Waals surface area (Å²) in [5, 5.41) is 0.746. The molecule has 0 spiro atoms. The van der Waals surface area contributed by atoms with Gasteiger partial charge in [-0.3, -0.25) is 14.3 Å². The van der Waals surface area contributed by atoms with E-state index in [1.54, 1.807) is 10.9 Å². The van der Waals surface area contributed by atoms with Gasteiger partial charge in [0.15, 0.2) is 0 Å². The maximum atomic E-state index is 12.7. The van der Waals surface area contributed by atoms with Gasteiger partial charge < -0.3 is 9.80 Å². The Morgan fingerprint density at radius 3 is 2.36 bits per heavy atom. The van der Waals surface area contributed by atoms with Gasteiger partial charge in [-0.25, -0.2) is 4.98 Å². The number of rotatable bonds is 6. The number of aromatic nitrogens is 2. The zero-order valence-electron chi connectivity index (χ0n) is 16.7. The number of piperazine rings is 1. The van der Waals surface area contributed by atoms with Crippen molar-refractivity contribution in [2.24, 2.45) is 5.92 Å². The summed E-state index contributed by atoms with van der Waals surface area (Å²) in [5.74, 6) is 0.679. The summed E-state index contributed by atoms with van der Waals surface area (Å²) in [6.07, 6.45) is 6.97. The van der Waals surface area contributed by atoms with Gasteiger partial charge in [-0.1, -0.05) is 0 Å². The zero-order valence-corrected chi connectivity index (χ0v) is 16.7. The van der Waals surface area contributed by atoms with E-state index >= 15 is 0 Å². The summed E-state index contributed by atoms with van der Waals surface area (Å²) in [7, 11) is 0. The van der Waals surface area contributed by atoms with E-state index in [0.29, 0.717) is 5.92 Å². The molecule has 6 heteroatoms. The van der Waals surface area contributed by atoms with Gasteiger partial charge in [0.05, 0.1) is 17.2 Å². The molecule has 2 aliphatic heterocycles. The average Bonchev–Trinajstić information content (AvgIpc) is 3.39. The SMILES string of the molecule is O=c1c2ccc(N3CCN(CCN4CCCC4)CC3)cc2ncn1CC1CC1. The number of nitrogens with zero attached hydrogens (tertiary/aromatic N) is 5. The molecule has 1 aromatic heterocycles. The molecule has 0 N–H and O–H groups in total. The maximum absolute atomic E-state index is 12.7. The minimum absolute atomic E-state index is 0.107. The molecule has 3 fully saturated rings. The Morgan fingerprint density at radius 1 is 0.929 bits per heavy atom. The van der Waals surface area contributed by atoms with E-state index in [1.165, 1.54) is 57.5 Å². The Labute approximate surface area is 166 Å². The molecule has 2 saturated heterocycles. The summed E-state index contributed by atoms with van der Waals surface area (Å²) in [6, 6.07) is 6.17. The summed E-state index contributed by atoms with van der Waals surface area (Å²) in [6.45, 7) is 10.1. The molecule has 0 bridgehead atoms. The van der Waals surface area contributed by atoms with Gasteiger partial charge in [0.25, 0.3) is 5.56 Å². The molecule has 3 aliphatic rings. The molecular formula is C22H31N5O. The normalized spacial score (nSPS) is 21.6. The molecule has 0 radical (unpaired) electrons. The van der Waals surface area contributed by atoms with Crippen LogP contribution in [0.4, 0.5) is 5.69 Å². The molecular weight excluding hydrogens is 350 g/mol. The Balaban J connectivity index is 1.22. The van der Waals surface area contributed by atoms with E-state index in [9.17, 15) is 4.79 Å². The Hall–Kier alpha value is -1.92. The van der Waals surface area contributed by atoms with Crippen LogP contribution in [0.25, 0.3) is 10.9 Å². The van der Waals surface area contributed by atoms with Gasteiger partial charge in [0, 0.05) is 51.5 Å². The van der Waals surface area contributed by atoms with Gasteiger partial charge in [-0.15, -0.1) is 0 Å². The first-order chi connectivity index (χ1) is 13.8. The fourth-order valence-corrected chi connectivity index (χ4v) is 4.57. The van der Waals surface area contributed by atoms with Crippen LogP contribution in [0, 0.1) is 5.92 Å². The van der Waals surface area contributed by atoms with Crippen molar-refractivity contribution in [3.05, 3.63) is 34.9 Å². The quantitative estimate of drug-likeness (QED) is 0.766. The van der Waals surface area contributed by atoms with Crippen molar-refractivity contribution in [3.63, 3.8) is 0 Å². The molecule has 0 unspecified atom stereocenters. The predicted molar refractivity (Wildman–Crippen MR) is 113 cm³/mol. The van der Waals surface area contributed by atoms with Gasteiger partial charge in [-0.05, 0) is 62.9 Å². The molecule has 1 aromatic carbocycles. The van der Waals surface area contributed by atoms with E-state index in [2.05, 4.69) is 31.8 Å². The van der Waals surface area contributed by atoms with Crippen LogP contribution in [-0.2, 0) is 6.54 Å². The topological polar surface area (TPSA) is 44.6 Å². The minimum atomic E-state index is 0.107. The van der Waals surface area contributed by atoms with E-state index in [-0.39, 0.29) is 5.56 Å². The van der Waals surface area contributed by atoms with Crippen LogP contribution >= 0.6 is 0 Å². The van der Waals surface area contributed by atoms with E-state index < -0.39 is 0 Å². The molecule has 150 valence electrons. The molecule has 1 aliphatic carbocycles. The maximum Gasteiger partial charge on any atom is 0.261 e. The van der Waals surface area contributed by atoms with Crippen LogP contribution in [0.5, 0.6) is 0 Å². The third-order valence-electron chi connectivity index (χ3n) is 6.63. The summed E-state index contributed by atoms with van der Waals surface area (Å²) < 4.78 is 1.79. The second-order valence-corrected chi connectivity index (χ2v) is 8.72. The largest absolute Gasteiger partial charge is 0.369 e. The second-order valence-electron chi connectivity index (χ2n) is 8.72. The van der Waals surface area contributed by atoms with Gasteiger partial charge in [-0.2, -0.15) is 0 Å². The van der Waals surface area contributed by atoms with Crippen molar-refractivity contribution in [2.75, 3.05) is 57.3 Å². The van der Waals surface area contributed by atoms with Gasteiger partial charge >= 0.3 is 0 Å². The fraction of sp³-hybridized carbons (Fsp3) is 0.636. The van der Waals surface area contributed by atoms with Crippen molar-refractivity contribution >= 4 is 16.6 Å². The van der Waals surface area contributed by atoms with E-state index in [0.717, 1.165) is 43.6 Å².